The van der Waals surface area contributed by atoms with Crippen LogP contribution in [0.25, 0.3) is 0 Å². The van der Waals surface area contributed by atoms with Crippen molar-refractivity contribution in [3.05, 3.63) is 23.0 Å². The van der Waals surface area contributed by atoms with Crippen molar-refractivity contribution in [1.29, 1.82) is 0 Å². The molecule has 0 radical (unpaired) electrons. The van der Waals surface area contributed by atoms with Crippen LogP contribution in [0.1, 0.15) is 26.5 Å². The lowest BCUT2D eigenvalue weighted by molar-refractivity contribution is 0.0685. The molecule has 0 aliphatic heterocycles. The molecule has 1 heterocycles. The summed E-state index contributed by atoms with van der Waals surface area (Å²) in [4.78, 5) is 25.7. The van der Waals surface area contributed by atoms with E-state index in [2.05, 4.69) is 10.9 Å². The second kappa shape index (κ2) is 4.62. The van der Waals surface area contributed by atoms with Crippen molar-refractivity contribution in [3.8, 4) is 12.3 Å². The average Bonchev–Trinajstić information content (AvgIpc) is 2.25. The summed E-state index contributed by atoms with van der Waals surface area (Å²) in [6, 6.07) is 1.39. The first-order valence-corrected chi connectivity index (χ1v) is 8.67. The predicted octanol–water partition coefficient (Wildman–Crippen LogP) is 1.00. The minimum atomic E-state index is -1.96. The minimum Gasteiger partial charge on any atom is -0.477 e. The molecule has 0 aliphatic carbocycles. The van der Waals surface area contributed by atoms with Crippen LogP contribution in [-0.2, 0) is 0 Å². The minimum absolute atomic E-state index is 0.187. The molecule has 0 saturated carbocycles. The number of hydrogen-bond donors (Lipinski definition) is 2. The number of nitrogens with zero attached hydrogens (tertiary/aromatic N) is 1. The maximum Gasteiger partial charge on any atom is 0.355 e. The van der Waals surface area contributed by atoms with E-state index in [-0.39, 0.29) is 17.0 Å². The highest BCUT2D eigenvalue weighted by molar-refractivity contribution is 6.89. The number of terminal acetylenes is 1. The number of carboxylic acid groups (broad SMARTS) is 2. The van der Waals surface area contributed by atoms with Crippen molar-refractivity contribution >= 4 is 25.2 Å². The number of carbonyl (C=O) groups is 2. The monoisotopic (exact) mass is 263 g/mol. The second-order valence-corrected chi connectivity index (χ2v) is 9.82. The van der Waals surface area contributed by atoms with Gasteiger partial charge in [0.2, 0.25) is 0 Å². The molecule has 18 heavy (non-hydrogen) atoms. The van der Waals surface area contributed by atoms with Gasteiger partial charge in [-0.2, -0.15) is 0 Å². The number of aromatic nitrogens is 1. The van der Waals surface area contributed by atoms with E-state index in [1.165, 1.54) is 6.07 Å². The van der Waals surface area contributed by atoms with E-state index in [9.17, 15) is 9.59 Å². The van der Waals surface area contributed by atoms with Crippen LogP contribution in [0.5, 0.6) is 0 Å². The molecule has 0 fully saturated rings. The van der Waals surface area contributed by atoms with Crippen LogP contribution in [0.15, 0.2) is 6.07 Å². The molecule has 0 unspecified atom stereocenters. The first kappa shape index (κ1) is 13.9. The number of hydrogen-bond acceptors (Lipinski definition) is 3. The Balaban J connectivity index is 3.74. The largest absolute Gasteiger partial charge is 0.477 e. The van der Waals surface area contributed by atoms with Crippen molar-refractivity contribution in [2.45, 2.75) is 19.6 Å². The van der Waals surface area contributed by atoms with Gasteiger partial charge < -0.3 is 10.2 Å². The lowest BCUT2D eigenvalue weighted by Crippen LogP contribution is -2.41. The Morgan fingerprint density at radius 3 is 2.17 bits per heavy atom. The summed E-state index contributed by atoms with van der Waals surface area (Å²) >= 11 is 0. The van der Waals surface area contributed by atoms with Gasteiger partial charge in [0.1, 0.15) is 5.69 Å². The van der Waals surface area contributed by atoms with E-state index in [4.69, 9.17) is 16.6 Å². The zero-order chi connectivity index (χ0) is 14.1. The topological polar surface area (TPSA) is 87.5 Å². The Bertz CT molecular complexity index is 567. The zero-order valence-electron chi connectivity index (χ0n) is 10.3. The van der Waals surface area contributed by atoms with Gasteiger partial charge in [0.25, 0.3) is 0 Å². The fourth-order valence-electron chi connectivity index (χ4n) is 1.55. The van der Waals surface area contributed by atoms with Gasteiger partial charge >= 0.3 is 11.9 Å². The van der Waals surface area contributed by atoms with Gasteiger partial charge in [0, 0.05) is 0 Å². The lowest BCUT2D eigenvalue weighted by atomic mass is 10.1. The summed E-state index contributed by atoms with van der Waals surface area (Å²) < 4.78 is 0. The van der Waals surface area contributed by atoms with E-state index >= 15 is 0 Å². The molecule has 94 valence electrons. The molecule has 0 spiro atoms. The molecule has 6 heteroatoms. The van der Waals surface area contributed by atoms with Gasteiger partial charge in [-0.1, -0.05) is 25.6 Å². The third kappa shape index (κ3) is 2.57. The fraction of sp³-hybridized carbons (Fsp3) is 0.250. The summed E-state index contributed by atoms with van der Waals surface area (Å²) in [5.41, 5.74) is -0.467. The molecule has 5 nitrogen and oxygen atoms in total. The highest BCUT2D eigenvalue weighted by Gasteiger charge is 2.27. The van der Waals surface area contributed by atoms with Crippen LogP contribution < -0.4 is 5.19 Å². The Morgan fingerprint density at radius 1 is 1.28 bits per heavy atom. The summed E-state index contributed by atoms with van der Waals surface area (Å²) in [5.74, 6) is -0.261. The second-order valence-electron chi connectivity index (χ2n) is 4.78. The molecule has 0 amide bonds. The summed E-state index contributed by atoms with van der Waals surface area (Å²) in [7, 11) is -1.96. The van der Waals surface area contributed by atoms with Gasteiger partial charge in [-0.3, -0.25) is 0 Å². The first-order valence-electron chi connectivity index (χ1n) is 5.17. The van der Waals surface area contributed by atoms with Crippen LogP contribution in [0.3, 0.4) is 0 Å². The first-order chi connectivity index (χ1) is 8.18. The standard InChI is InChI=1S/C12H13NO4Si/c1-5-7-9(18(2,3)4)6-8(11(14)15)13-10(7)12(16)17/h1,6H,2-4H3,(H,14,15)(H,16,17). The Kier molecular flexibility index (Phi) is 3.58. The maximum absolute atomic E-state index is 11.1. The fourth-order valence-corrected chi connectivity index (χ4v) is 3.06. The summed E-state index contributed by atoms with van der Waals surface area (Å²) in [5, 5.41) is 18.6. The lowest BCUT2D eigenvalue weighted by Gasteiger charge is -2.20. The van der Waals surface area contributed by atoms with Crippen molar-refractivity contribution in [2.75, 3.05) is 0 Å². The third-order valence-corrected chi connectivity index (χ3v) is 4.40. The molecule has 2 N–H and O–H groups in total. The quantitative estimate of drug-likeness (QED) is 0.627. The van der Waals surface area contributed by atoms with Crippen molar-refractivity contribution in [1.82, 2.24) is 4.98 Å². The highest BCUT2D eigenvalue weighted by Crippen LogP contribution is 2.12. The SMILES string of the molecule is C#Cc1c([Si](C)(C)C)cc(C(=O)O)nc1C(=O)O. The Labute approximate surface area is 105 Å². The summed E-state index contributed by atoms with van der Waals surface area (Å²) in [6.45, 7) is 5.88. The molecule has 1 aromatic heterocycles. The van der Waals surface area contributed by atoms with E-state index in [0.29, 0.717) is 5.19 Å². The average molecular weight is 263 g/mol. The van der Waals surface area contributed by atoms with Crippen LogP contribution >= 0.6 is 0 Å². The van der Waals surface area contributed by atoms with E-state index in [1.807, 2.05) is 19.6 Å². The predicted molar refractivity (Wildman–Crippen MR) is 69.1 cm³/mol. The maximum atomic E-state index is 11.1. The van der Waals surface area contributed by atoms with Crippen LogP contribution in [0.4, 0.5) is 0 Å². The van der Waals surface area contributed by atoms with Crippen molar-refractivity contribution < 1.29 is 19.8 Å². The molecule has 1 aromatic rings. The van der Waals surface area contributed by atoms with Crippen LogP contribution in [0.2, 0.25) is 19.6 Å². The Morgan fingerprint density at radius 2 is 1.83 bits per heavy atom. The highest BCUT2D eigenvalue weighted by atomic mass is 28.3. The number of carboxylic acids is 2. The zero-order valence-corrected chi connectivity index (χ0v) is 11.3. The van der Waals surface area contributed by atoms with Gasteiger partial charge in [-0.25, -0.2) is 14.6 Å². The molecule has 0 bridgehead atoms. The Hall–Kier alpha value is -2.13. The van der Waals surface area contributed by atoms with Crippen molar-refractivity contribution in [3.63, 3.8) is 0 Å². The smallest absolute Gasteiger partial charge is 0.355 e. The van der Waals surface area contributed by atoms with Crippen molar-refractivity contribution in [2.24, 2.45) is 0 Å². The normalized spacial score (nSPS) is 10.8. The molecular weight excluding hydrogens is 250 g/mol. The third-order valence-electron chi connectivity index (χ3n) is 2.39. The van der Waals surface area contributed by atoms with E-state index < -0.39 is 20.0 Å². The van der Waals surface area contributed by atoms with E-state index in [0.717, 1.165) is 0 Å². The molecular formula is C12H13NO4Si. The van der Waals surface area contributed by atoms with Crippen LogP contribution in [0, 0.1) is 12.3 Å². The number of rotatable bonds is 3. The summed E-state index contributed by atoms with van der Waals surface area (Å²) in [6.07, 6.45) is 5.33. The van der Waals surface area contributed by atoms with Gasteiger partial charge in [0.15, 0.2) is 5.69 Å². The van der Waals surface area contributed by atoms with Crippen LogP contribution in [-0.4, -0.2) is 35.2 Å². The van der Waals surface area contributed by atoms with Gasteiger partial charge in [0.05, 0.1) is 13.6 Å². The molecule has 0 aliphatic rings. The number of pyridine rings is 1. The molecule has 0 saturated heterocycles. The molecule has 1 rings (SSSR count). The molecule has 0 aromatic carbocycles. The number of aromatic carboxylic acids is 2. The van der Waals surface area contributed by atoms with E-state index in [1.54, 1.807) is 0 Å². The molecule has 0 atom stereocenters. The van der Waals surface area contributed by atoms with Gasteiger partial charge in [-0.05, 0) is 11.3 Å². The van der Waals surface area contributed by atoms with Gasteiger partial charge in [-0.15, -0.1) is 6.42 Å².